The van der Waals surface area contributed by atoms with E-state index < -0.39 is 16.1 Å². The van der Waals surface area contributed by atoms with Crippen LogP contribution in [-0.2, 0) is 10.0 Å². The number of carbonyl (C=O) groups is 1. The molecule has 1 unspecified atom stereocenters. The average Bonchev–Trinajstić information content (AvgIpc) is 3.28. The number of benzene rings is 2. The minimum atomic E-state index is -3.66. The Kier molecular flexibility index (Phi) is 6.74. The third-order valence-electron chi connectivity index (χ3n) is 5.03. The van der Waals surface area contributed by atoms with Crippen molar-refractivity contribution in [3.8, 4) is 0 Å². The van der Waals surface area contributed by atoms with E-state index in [1.807, 2.05) is 30.3 Å². The van der Waals surface area contributed by atoms with E-state index in [9.17, 15) is 13.2 Å². The molecular weight excluding hydrogens is 400 g/mol. The average molecular weight is 427 g/mol. The lowest BCUT2D eigenvalue weighted by molar-refractivity contribution is 0.0938. The fourth-order valence-electron chi connectivity index (χ4n) is 3.35. The lowest BCUT2D eigenvalue weighted by Crippen LogP contribution is -2.32. The smallest absolute Gasteiger partial charge is 0.252 e. The second-order valence-electron chi connectivity index (χ2n) is 6.90. The molecule has 158 valence electrons. The van der Waals surface area contributed by atoms with Gasteiger partial charge in [-0.3, -0.25) is 4.79 Å². The maximum Gasteiger partial charge on any atom is 0.252 e. The van der Waals surface area contributed by atoms with Gasteiger partial charge < -0.3 is 9.73 Å². The van der Waals surface area contributed by atoms with Crippen LogP contribution < -0.4 is 5.32 Å². The molecule has 30 heavy (non-hydrogen) atoms. The van der Waals surface area contributed by atoms with E-state index in [0.29, 0.717) is 30.0 Å². The molecule has 7 heteroatoms. The Balaban J connectivity index is 1.96. The molecule has 1 heterocycles. The van der Waals surface area contributed by atoms with Gasteiger partial charge >= 0.3 is 0 Å². The van der Waals surface area contributed by atoms with E-state index >= 15 is 0 Å². The summed E-state index contributed by atoms with van der Waals surface area (Å²) in [6.07, 6.45) is 1.56. The van der Waals surface area contributed by atoms with Crippen molar-refractivity contribution in [3.05, 3.63) is 89.4 Å². The van der Waals surface area contributed by atoms with E-state index in [1.165, 1.54) is 10.4 Å². The first-order valence-electron chi connectivity index (χ1n) is 9.88. The van der Waals surface area contributed by atoms with Crippen molar-refractivity contribution in [2.75, 3.05) is 13.1 Å². The summed E-state index contributed by atoms with van der Waals surface area (Å²) in [6, 6.07) is 17.2. The van der Waals surface area contributed by atoms with Gasteiger partial charge in [0.2, 0.25) is 10.0 Å². The first-order chi connectivity index (χ1) is 14.4. The van der Waals surface area contributed by atoms with Gasteiger partial charge in [0.25, 0.3) is 5.91 Å². The molecule has 3 rings (SSSR count). The monoisotopic (exact) mass is 426 g/mol. The molecule has 0 saturated heterocycles. The molecule has 1 amide bonds. The standard InChI is InChI=1S/C23H26N2O4S/c1-4-25(5-2)30(27,28)19-14-13-17(3)20(16-19)23(26)24-22(21-12-9-15-29-21)18-10-7-6-8-11-18/h6-16,22H,4-5H2,1-3H3,(H,24,26). The van der Waals surface area contributed by atoms with Crippen LogP contribution in [0.4, 0.5) is 0 Å². The lowest BCUT2D eigenvalue weighted by Gasteiger charge is -2.20. The molecule has 0 aliphatic carbocycles. The van der Waals surface area contributed by atoms with Crippen LogP contribution in [0.5, 0.6) is 0 Å². The Hall–Kier alpha value is -2.90. The predicted octanol–water partition coefficient (Wildman–Crippen LogP) is 4.14. The minimum Gasteiger partial charge on any atom is -0.467 e. The molecule has 6 nitrogen and oxygen atoms in total. The van der Waals surface area contributed by atoms with Crippen molar-refractivity contribution >= 4 is 15.9 Å². The van der Waals surface area contributed by atoms with E-state index in [4.69, 9.17) is 4.42 Å². The van der Waals surface area contributed by atoms with E-state index in [2.05, 4.69) is 5.32 Å². The zero-order valence-corrected chi connectivity index (χ0v) is 18.1. The highest BCUT2D eigenvalue weighted by molar-refractivity contribution is 7.89. The van der Waals surface area contributed by atoms with Crippen LogP contribution in [0.3, 0.4) is 0 Å². The zero-order chi connectivity index (χ0) is 21.7. The van der Waals surface area contributed by atoms with Crippen LogP contribution in [0.25, 0.3) is 0 Å². The molecule has 0 fully saturated rings. The number of amides is 1. The van der Waals surface area contributed by atoms with Crippen LogP contribution in [0.1, 0.15) is 47.1 Å². The molecule has 3 aromatic rings. The highest BCUT2D eigenvalue weighted by Crippen LogP contribution is 2.25. The van der Waals surface area contributed by atoms with E-state index in [-0.39, 0.29) is 10.8 Å². The first-order valence-corrected chi connectivity index (χ1v) is 11.3. The topological polar surface area (TPSA) is 79.6 Å². The number of hydrogen-bond acceptors (Lipinski definition) is 4. The summed E-state index contributed by atoms with van der Waals surface area (Å²) in [6.45, 7) is 6.09. The van der Waals surface area contributed by atoms with Gasteiger partial charge in [-0.2, -0.15) is 4.31 Å². The van der Waals surface area contributed by atoms with Crippen LogP contribution in [0, 0.1) is 6.92 Å². The van der Waals surface area contributed by atoms with Crippen LogP contribution in [0.2, 0.25) is 0 Å². The summed E-state index contributed by atoms with van der Waals surface area (Å²) in [4.78, 5) is 13.3. The first kappa shape index (κ1) is 21.8. The summed E-state index contributed by atoms with van der Waals surface area (Å²) in [5.74, 6) is 0.230. The molecule has 1 atom stereocenters. The molecule has 1 aromatic heterocycles. The fraction of sp³-hybridized carbons (Fsp3) is 0.261. The quantitative estimate of drug-likeness (QED) is 0.587. The van der Waals surface area contributed by atoms with Crippen LogP contribution >= 0.6 is 0 Å². The largest absolute Gasteiger partial charge is 0.467 e. The molecule has 0 saturated carbocycles. The number of carbonyl (C=O) groups excluding carboxylic acids is 1. The number of hydrogen-bond donors (Lipinski definition) is 1. The Morgan fingerprint density at radius 3 is 2.33 bits per heavy atom. The Labute approximate surface area is 177 Å². The molecule has 0 bridgehead atoms. The van der Waals surface area contributed by atoms with Gasteiger partial charge in [0.05, 0.1) is 11.2 Å². The number of sulfonamides is 1. The Morgan fingerprint density at radius 2 is 1.73 bits per heavy atom. The molecule has 0 spiro atoms. The van der Waals surface area contributed by atoms with Gasteiger partial charge in [0.15, 0.2) is 0 Å². The van der Waals surface area contributed by atoms with Gasteiger partial charge in [-0.25, -0.2) is 8.42 Å². The normalized spacial score (nSPS) is 12.7. The second kappa shape index (κ2) is 9.28. The highest BCUT2D eigenvalue weighted by Gasteiger charge is 2.25. The van der Waals surface area contributed by atoms with Crippen molar-refractivity contribution in [2.24, 2.45) is 0 Å². The van der Waals surface area contributed by atoms with Gasteiger partial charge in [-0.1, -0.05) is 50.2 Å². The molecular formula is C23H26N2O4S. The third-order valence-corrected chi connectivity index (χ3v) is 7.08. The van der Waals surface area contributed by atoms with Gasteiger partial charge in [0, 0.05) is 18.7 Å². The third kappa shape index (κ3) is 4.47. The lowest BCUT2D eigenvalue weighted by atomic mass is 10.0. The van der Waals surface area contributed by atoms with Gasteiger partial charge in [-0.15, -0.1) is 0 Å². The summed E-state index contributed by atoms with van der Waals surface area (Å²) in [7, 11) is -3.66. The van der Waals surface area contributed by atoms with Crippen LogP contribution in [-0.4, -0.2) is 31.7 Å². The Morgan fingerprint density at radius 1 is 1.03 bits per heavy atom. The molecule has 0 aliphatic heterocycles. The summed E-state index contributed by atoms with van der Waals surface area (Å²) < 4.78 is 32.7. The molecule has 0 aliphatic rings. The molecule has 2 aromatic carbocycles. The van der Waals surface area contributed by atoms with Crippen molar-refractivity contribution < 1.29 is 17.6 Å². The summed E-state index contributed by atoms with van der Waals surface area (Å²) in [5, 5.41) is 2.99. The summed E-state index contributed by atoms with van der Waals surface area (Å²) in [5.41, 5.74) is 1.87. The minimum absolute atomic E-state index is 0.108. The van der Waals surface area contributed by atoms with Crippen molar-refractivity contribution in [1.29, 1.82) is 0 Å². The number of aryl methyl sites for hydroxylation is 1. The van der Waals surface area contributed by atoms with Gasteiger partial charge in [0.1, 0.15) is 11.8 Å². The predicted molar refractivity (Wildman–Crippen MR) is 116 cm³/mol. The highest BCUT2D eigenvalue weighted by atomic mass is 32.2. The number of nitrogens with zero attached hydrogens (tertiary/aromatic N) is 1. The fourth-order valence-corrected chi connectivity index (χ4v) is 4.83. The van der Waals surface area contributed by atoms with E-state index in [1.54, 1.807) is 51.3 Å². The Bertz CT molecular complexity index is 1090. The second-order valence-corrected chi connectivity index (χ2v) is 8.84. The number of rotatable bonds is 8. The number of nitrogens with one attached hydrogen (secondary N) is 1. The SMILES string of the molecule is CCN(CC)S(=O)(=O)c1ccc(C)c(C(=O)NC(c2ccccc2)c2ccco2)c1. The molecule has 0 radical (unpaired) electrons. The van der Waals surface area contributed by atoms with Crippen molar-refractivity contribution in [3.63, 3.8) is 0 Å². The molecule has 1 N–H and O–H groups in total. The zero-order valence-electron chi connectivity index (χ0n) is 17.3. The maximum absolute atomic E-state index is 13.2. The van der Waals surface area contributed by atoms with E-state index in [0.717, 1.165) is 5.56 Å². The van der Waals surface area contributed by atoms with Gasteiger partial charge in [-0.05, 0) is 42.3 Å². The number of furan rings is 1. The maximum atomic E-state index is 13.2. The van der Waals surface area contributed by atoms with Crippen molar-refractivity contribution in [2.45, 2.75) is 31.7 Å². The summed E-state index contributed by atoms with van der Waals surface area (Å²) >= 11 is 0. The van der Waals surface area contributed by atoms with Crippen molar-refractivity contribution in [1.82, 2.24) is 9.62 Å². The van der Waals surface area contributed by atoms with Crippen LogP contribution in [0.15, 0.2) is 76.2 Å².